The predicted octanol–water partition coefficient (Wildman–Crippen LogP) is 0.268. The van der Waals surface area contributed by atoms with Crippen molar-refractivity contribution in [2.45, 2.75) is 6.54 Å². The van der Waals surface area contributed by atoms with Crippen molar-refractivity contribution >= 4 is 17.3 Å². The summed E-state index contributed by atoms with van der Waals surface area (Å²) in [6.07, 6.45) is 1.53. The van der Waals surface area contributed by atoms with Crippen LogP contribution in [0.5, 0.6) is 0 Å². The highest BCUT2D eigenvalue weighted by molar-refractivity contribution is 7.80. The van der Waals surface area contributed by atoms with Gasteiger partial charge in [0.25, 0.3) is 0 Å². The number of rotatable bonds is 2. The van der Waals surface area contributed by atoms with Gasteiger partial charge >= 0.3 is 0 Å². The molecule has 1 aromatic rings. The second-order valence-electron chi connectivity index (χ2n) is 1.92. The van der Waals surface area contributed by atoms with Gasteiger partial charge in [-0.25, -0.2) is 0 Å². The van der Waals surface area contributed by atoms with Crippen molar-refractivity contribution in [2.24, 2.45) is 0 Å². The van der Waals surface area contributed by atoms with E-state index in [1.54, 1.807) is 13.1 Å². The Balaban J connectivity index is 2.29. The molecule has 60 valence electrons. The maximum absolute atomic E-state index is 4.85. The van der Waals surface area contributed by atoms with E-state index in [1.807, 2.05) is 0 Å². The average Bonchev–Trinajstić information content (AvgIpc) is 2.52. The van der Waals surface area contributed by atoms with Crippen LogP contribution in [0.2, 0.25) is 0 Å². The fourth-order valence-electron chi connectivity index (χ4n) is 0.588. The van der Waals surface area contributed by atoms with Crippen molar-refractivity contribution in [1.29, 1.82) is 0 Å². The number of nitrogens with one attached hydrogen (secondary N) is 2. The molecule has 1 heterocycles. The summed E-state index contributed by atoms with van der Waals surface area (Å²) in [5.74, 6) is 0. The fourth-order valence-corrected chi connectivity index (χ4v) is 0.660. The monoisotopic (exact) mass is 171 g/mol. The molecular formula is C6H9N3OS. The molecule has 4 nitrogen and oxygen atoms in total. The van der Waals surface area contributed by atoms with E-state index in [0.29, 0.717) is 11.7 Å². The molecule has 11 heavy (non-hydrogen) atoms. The first-order valence-corrected chi connectivity index (χ1v) is 3.58. The topological polar surface area (TPSA) is 50.1 Å². The van der Waals surface area contributed by atoms with Crippen LogP contribution in [-0.2, 0) is 6.54 Å². The second-order valence-corrected chi connectivity index (χ2v) is 2.33. The summed E-state index contributed by atoms with van der Waals surface area (Å²) in [4.78, 5) is 0. The van der Waals surface area contributed by atoms with Crippen LogP contribution in [0.15, 0.2) is 16.9 Å². The molecule has 0 radical (unpaired) electrons. The minimum Gasteiger partial charge on any atom is -0.366 e. The summed E-state index contributed by atoms with van der Waals surface area (Å²) in [6.45, 7) is 0.593. The zero-order chi connectivity index (χ0) is 8.10. The third kappa shape index (κ3) is 2.55. The van der Waals surface area contributed by atoms with Crippen molar-refractivity contribution in [3.05, 3.63) is 18.0 Å². The summed E-state index contributed by atoms with van der Waals surface area (Å²) in [6, 6.07) is 1.78. The van der Waals surface area contributed by atoms with E-state index >= 15 is 0 Å². The lowest BCUT2D eigenvalue weighted by molar-refractivity contribution is 0.411. The van der Waals surface area contributed by atoms with E-state index < -0.39 is 0 Å². The molecule has 2 N–H and O–H groups in total. The summed E-state index contributed by atoms with van der Waals surface area (Å²) < 4.78 is 4.63. The van der Waals surface area contributed by atoms with Gasteiger partial charge in [0.15, 0.2) is 5.11 Å². The predicted molar refractivity (Wildman–Crippen MR) is 45.0 cm³/mol. The van der Waals surface area contributed by atoms with Crippen LogP contribution in [0.25, 0.3) is 0 Å². The molecule has 0 aliphatic carbocycles. The molecule has 0 amide bonds. The molecule has 1 aromatic heterocycles. The van der Waals surface area contributed by atoms with Crippen LogP contribution in [0.4, 0.5) is 0 Å². The SMILES string of the molecule is CNC(=S)NCc1ccon1. The molecular weight excluding hydrogens is 162 g/mol. The summed E-state index contributed by atoms with van der Waals surface area (Å²) >= 11 is 4.85. The largest absolute Gasteiger partial charge is 0.366 e. The normalized spacial score (nSPS) is 9.18. The molecule has 0 saturated heterocycles. The number of thiocarbonyl (C=S) groups is 1. The lowest BCUT2D eigenvalue weighted by Crippen LogP contribution is -2.31. The van der Waals surface area contributed by atoms with Gasteiger partial charge in [0.2, 0.25) is 0 Å². The first-order valence-electron chi connectivity index (χ1n) is 3.18. The van der Waals surface area contributed by atoms with Crippen LogP contribution in [0, 0.1) is 0 Å². The van der Waals surface area contributed by atoms with Crippen molar-refractivity contribution in [1.82, 2.24) is 15.8 Å². The van der Waals surface area contributed by atoms with Crippen LogP contribution < -0.4 is 10.6 Å². The quantitative estimate of drug-likeness (QED) is 0.625. The lowest BCUT2D eigenvalue weighted by atomic mass is 10.4. The van der Waals surface area contributed by atoms with E-state index in [0.717, 1.165) is 5.69 Å². The zero-order valence-corrected chi connectivity index (χ0v) is 6.94. The molecule has 1 rings (SSSR count). The number of hydrogen-bond acceptors (Lipinski definition) is 3. The Morgan fingerprint density at radius 1 is 1.82 bits per heavy atom. The van der Waals surface area contributed by atoms with Crippen LogP contribution in [0.1, 0.15) is 5.69 Å². The molecule has 0 unspecified atom stereocenters. The number of aromatic nitrogens is 1. The second kappa shape index (κ2) is 3.92. The maximum atomic E-state index is 4.85. The third-order valence-corrected chi connectivity index (χ3v) is 1.50. The first kappa shape index (κ1) is 8.00. The maximum Gasteiger partial charge on any atom is 0.166 e. The molecule has 0 saturated carbocycles. The number of hydrogen-bond donors (Lipinski definition) is 2. The van der Waals surface area contributed by atoms with Gasteiger partial charge in [-0.2, -0.15) is 0 Å². The van der Waals surface area contributed by atoms with Gasteiger partial charge in [-0.1, -0.05) is 5.16 Å². The summed E-state index contributed by atoms with van der Waals surface area (Å²) in [5.41, 5.74) is 0.836. The van der Waals surface area contributed by atoms with Gasteiger partial charge in [0.1, 0.15) is 12.0 Å². The molecule has 0 atom stereocenters. The van der Waals surface area contributed by atoms with Crippen LogP contribution in [-0.4, -0.2) is 17.3 Å². The molecule has 0 aromatic carbocycles. The van der Waals surface area contributed by atoms with E-state index in [-0.39, 0.29) is 0 Å². The van der Waals surface area contributed by atoms with Gasteiger partial charge in [0.05, 0.1) is 6.54 Å². The molecule has 0 fully saturated rings. The summed E-state index contributed by atoms with van der Waals surface area (Å²) in [7, 11) is 1.76. The third-order valence-electron chi connectivity index (χ3n) is 1.15. The van der Waals surface area contributed by atoms with E-state index in [9.17, 15) is 0 Å². The van der Waals surface area contributed by atoms with Crippen LogP contribution in [0.3, 0.4) is 0 Å². The average molecular weight is 171 g/mol. The number of nitrogens with zero attached hydrogens (tertiary/aromatic N) is 1. The summed E-state index contributed by atoms with van der Waals surface area (Å²) in [5, 5.41) is 10.0. The van der Waals surface area contributed by atoms with Crippen molar-refractivity contribution in [2.75, 3.05) is 7.05 Å². The molecule has 0 aliphatic rings. The smallest absolute Gasteiger partial charge is 0.166 e. The lowest BCUT2D eigenvalue weighted by Gasteiger charge is -2.02. The zero-order valence-electron chi connectivity index (χ0n) is 6.13. The van der Waals surface area contributed by atoms with Crippen molar-refractivity contribution in [3.63, 3.8) is 0 Å². The fraction of sp³-hybridized carbons (Fsp3) is 0.333. The minimum absolute atomic E-state index is 0.593. The Bertz CT molecular complexity index is 222. The van der Waals surface area contributed by atoms with Crippen molar-refractivity contribution < 1.29 is 4.52 Å². The highest BCUT2D eigenvalue weighted by Gasteiger charge is 1.95. The van der Waals surface area contributed by atoms with E-state index in [1.165, 1.54) is 6.26 Å². The van der Waals surface area contributed by atoms with Gasteiger partial charge in [-0.05, 0) is 12.2 Å². The molecule has 0 aliphatic heterocycles. The van der Waals surface area contributed by atoms with Crippen LogP contribution >= 0.6 is 12.2 Å². The Morgan fingerprint density at radius 3 is 3.18 bits per heavy atom. The highest BCUT2D eigenvalue weighted by Crippen LogP contribution is 1.91. The van der Waals surface area contributed by atoms with Gasteiger partial charge in [0, 0.05) is 13.1 Å². The molecule has 0 spiro atoms. The van der Waals surface area contributed by atoms with E-state index in [2.05, 4.69) is 20.3 Å². The molecule has 0 bridgehead atoms. The standard InChI is InChI=1S/C6H9N3OS/c1-7-6(11)8-4-5-2-3-10-9-5/h2-3H,4H2,1H3,(H2,7,8,11). The molecule has 5 heteroatoms. The highest BCUT2D eigenvalue weighted by atomic mass is 32.1. The first-order chi connectivity index (χ1) is 5.33. The van der Waals surface area contributed by atoms with Crippen molar-refractivity contribution in [3.8, 4) is 0 Å². The Labute approximate surface area is 70.0 Å². The van der Waals surface area contributed by atoms with E-state index in [4.69, 9.17) is 12.2 Å². The Kier molecular flexibility index (Phi) is 2.85. The Hall–Kier alpha value is -1.10. The Morgan fingerprint density at radius 2 is 2.64 bits per heavy atom. The van der Waals surface area contributed by atoms with Gasteiger partial charge in [-0.3, -0.25) is 0 Å². The van der Waals surface area contributed by atoms with Gasteiger partial charge in [-0.15, -0.1) is 0 Å². The van der Waals surface area contributed by atoms with Gasteiger partial charge < -0.3 is 15.2 Å². The minimum atomic E-state index is 0.593.